The normalized spacial score (nSPS) is 13.7. The zero-order valence-corrected chi connectivity index (χ0v) is 13.5. The van der Waals surface area contributed by atoms with Crippen molar-refractivity contribution in [3.05, 3.63) is 29.6 Å². The second-order valence-electron chi connectivity index (χ2n) is 4.46. The molecule has 0 bridgehead atoms. The SMILES string of the molecule is CCC(CSC)N(C)S(=O)(=O)c1ccc(CO)cc1F. The van der Waals surface area contributed by atoms with Gasteiger partial charge in [-0.3, -0.25) is 0 Å². The molecule has 114 valence electrons. The molecule has 0 aromatic heterocycles. The quantitative estimate of drug-likeness (QED) is 0.835. The Morgan fingerprint density at radius 3 is 2.55 bits per heavy atom. The summed E-state index contributed by atoms with van der Waals surface area (Å²) in [6.45, 7) is 1.58. The first-order chi connectivity index (χ1) is 9.38. The zero-order chi connectivity index (χ0) is 15.3. The number of thioether (sulfide) groups is 1. The third-order valence-corrected chi connectivity index (χ3v) is 5.84. The average Bonchev–Trinajstić information content (AvgIpc) is 2.43. The van der Waals surface area contributed by atoms with E-state index >= 15 is 0 Å². The van der Waals surface area contributed by atoms with Gasteiger partial charge in [-0.25, -0.2) is 12.8 Å². The molecule has 0 heterocycles. The summed E-state index contributed by atoms with van der Waals surface area (Å²) in [4.78, 5) is -0.350. The minimum Gasteiger partial charge on any atom is -0.392 e. The van der Waals surface area contributed by atoms with E-state index in [1.54, 1.807) is 11.8 Å². The molecule has 1 rings (SSSR count). The van der Waals surface area contributed by atoms with E-state index in [0.717, 1.165) is 6.07 Å². The minimum atomic E-state index is -3.86. The molecule has 0 aliphatic carbocycles. The lowest BCUT2D eigenvalue weighted by atomic mass is 10.2. The molecular formula is C13H20FNO3S2. The first-order valence-corrected chi connectivity index (χ1v) is 9.08. The van der Waals surface area contributed by atoms with Crippen LogP contribution in [0.3, 0.4) is 0 Å². The Bertz CT molecular complexity index is 549. The van der Waals surface area contributed by atoms with Crippen LogP contribution in [0.25, 0.3) is 0 Å². The topological polar surface area (TPSA) is 57.6 Å². The fourth-order valence-electron chi connectivity index (χ4n) is 1.88. The Labute approximate surface area is 124 Å². The van der Waals surface area contributed by atoms with Crippen molar-refractivity contribution < 1.29 is 17.9 Å². The van der Waals surface area contributed by atoms with Crippen LogP contribution in [0.5, 0.6) is 0 Å². The molecule has 1 aromatic carbocycles. The fraction of sp³-hybridized carbons (Fsp3) is 0.538. The maximum Gasteiger partial charge on any atom is 0.246 e. The number of hydrogen-bond acceptors (Lipinski definition) is 4. The van der Waals surface area contributed by atoms with Gasteiger partial charge in [0.05, 0.1) is 6.61 Å². The summed E-state index contributed by atoms with van der Waals surface area (Å²) in [7, 11) is -2.39. The first kappa shape index (κ1) is 17.4. The van der Waals surface area contributed by atoms with Crippen molar-refractivity contribution in [1.29, 1.82) is 0 Å². The van der Waals surface area contributed by atoms with E-state index in [-0.39, 0.29) is 17.5 Å². The molecular weight excluding hydrogens is 301 g/mol. The summed E-state index contributed by atoms with van der Waals surface area (Å²) in [6.07, 6.45) is 2.56. The number of nitrogens with zero attached hydrogens (tertiary/aromatic N) is 1. The molecule has 0 saturated heterocycles. The Morgan fingerprint density at radius 1 is 1.45 bits per heavy atom. The monoisotopic (exact) mass is 321 g/mol. The highest BCUT2D eigenvalue weighted by Crippen LogP contribution is 2.23. The van der Waals surface area contributed by atoms with Crippen molar-refractivity contribution in [3.63, 3.8) is 0 Å². The van der Waals surface area contributed by atoms with E-state index in [0.29, 0.717) is 17.7 Å². The van der Waals surface area contributed by atoms with Crippen LogP contribution in [-0.2, 0) is 16.6 Å². The lowest BCUT2D eigenvalue weighted by molar-refractivity contribution is 0.281. The van der Waals surface area contributed by atoms with Crippen LogP contribution in [0.15, 0.2) is 23.1 Å². The zero-order valence-electron chi connectivity index (χ0n) is 11.8. The Kier molecular flexibility index (Phi) is 6.44. The Morgan fingerprint density at radius 2 is 2.10 bits per heavy atom. The molecule has 1 N–H and O–H groups in total. The predicted octanol–water partition coefficient (Wildman–Crippen LogP) is 2.08. The van der Waals surface area contributed by atoms with Crippen molar-refractivity contribution >= 4 is 21.8 Å². The summed E-state index contributed by atoms with van der Waals surface area (Å²) in [6, 6.07) is 3.50. The second kappa shape index (κ2) is 7.40. The second-order valence-corrected chi connectivity index (χ2v) is 7.34. The van der Waals surface area contributed by atoms with Crippen molar-refractivity contribution in [3.8, 4) is 0 Å². The Balaban J connectivity index is 3.15. The maximum atomic E-state index is 13.9. The molecule has 4 nitrogen and oxygen atoms in total. The van der Waals surface area contributed by atoms with Crippen LogP contribution in [0.4, 0.5) is 4.39 Å². The summed E-state index contributed by atoms with van der Waals surface area (Å²) in [5, 5.41) is 8.93. The van der Waals surface area contributed by atoms with E-state index in [1.807, 2.05) is 13.2 Å². The average molecular weight is 321 g/mol. The number of rotatable bonds is 7. The van der Waals surface area contributed by atoms with Crippen LogP contribution in [0.1, 0.15) is 18.9 Å². The van der Waals surface area contributed by atoms with Gasteiger partial charge in [0, 0.05) is 18.8 Å². The number of aliphatic hydroxyl groups excluding tert-OH is 1. The van der Waals surface area contributed by atoms with Gasteiger partial charge in [-0.05, 0) is 30.4 Å². The standard InChI is InChI=1S/C13H20FNO3S2/c1-4-11(9-19-3)15(2)20(17,18)13-6-5-10(8-16)7-12(13)14/h5-7,11,16H,4,8-9H2,1-3H3. The van der Waals surface area contributed by atoms with Gasteiger partial charge in [0.25, 0.3) is 0 Å². The maximum absolute atomic E-state index is 13.9. The van der Waals surface area contributed by atoms with Crippen molar-refractivity contribution in [2.45, 2.75) is 30.9 Å². The molecule has 1 atom stereocenters. The van der Waals surface area contributed by atoms with Crippen molar-refractivity contribution in [2.75, 3.05) is 19.1 Å². The summed E-state index contributed by atoms with van der Waals surface area (Å²) in [5.74, 6) is -0.176. The van der Waals surface area contributed by atoms with Crippen LogP contribution >= 0.6 is 11.8 Å². The summed E-state index contributed by atoms with van der Waals surface area (Å²) < 4.78 is 40.0. The predicted molar refractivity (Wildman–Crippen MR) is 79.7 cm³/mol. The van der Waals surface area contributed by atoms with Crippen LogP contribution in [-0.4, -0.2) is 42.9 Å². The molecule has 0 aliphatic heterocycles. The summed E-state index contributed by atoms with van der Waals surface area (Å²) >= 11 is 1.55. The molecule has 1 unspecified atom stereocenters. The van der Waals surface area contributed by atoms with Gasteiger partial charge in [-0.15, -0.1) is 0 Å². The number of hydrogen-bond donors (Lipinski definition) is 1. The van der Waals surface area contributed by atoms with Crippen molar-refractivity contribution in [1.82, 2.24) is 4.31 Å². The number of benzene rings is 1. The van der Waals surface area contributed by atoms with Gasteiger partial charge in [0.2, 0.25) is 10.0 Å². The molecule has 0 aliphatic rings. The van der Waals surface area contributed by atoms with Gasteiger partial charge in [-0.2, -0.15) is 16.1 Å². The van der Waals surface area contributed by atoms with Gasteiger partial charge >= 0.3 is 0 Å². The smallest absolute Gasteiger partial charge is 0.246 e. The minimum absolute atomic E-state index is 0.174. The first-order valence-electron chi connectivity index (χ1n) is 6.24. The lowest BCUT2D eigenvalue weighted by Crippen LogP contribution is -2.38. The van der Waals surface area contributed by atoms with E-state index in [1.165, 1.54) is 23.5 Å². The van der Waals surface area contributed by atoms with Crippen LogP contribution < -0.4 is 0 Å². The third kappa shape index (κ3) is 3.72. The molecule has 1 aromatic rings. The molecule has 7 heteroatoms. The molecule has 0 amide bonds. The Hall–Kier alpha value is -0.630. The van der Waals surface area contributed by atoms with Crippen LogP contribution in [0, 0.1) is 5.82 Å². The third-order valence-electron chi connectivity index (χ3n) is 3.18. The van der Waals surface area contributed by atoms with Gasteiger partial charge in [-0.1, -0.05) is 13.0 Å². The number of halogens is 1. The highest BCUT2D eigenvalue weighted by atomic mass is 32.2. The van der Waals surface area contributed by atoms with Gasteiger partial charge < -0.3 is 5.11 Å². The molecule has 0 saturated carbocycles. The largest absolute Gasteiger partial charge is 0.392 e. The summed E-state index contributed by atoms with van der Waals surface area (Å²) in [5.41, 5.74) is 0.347. The molecule has 0 spiro atoms. The van der Waals surface area contributed by atoms with E-state index in [4.69, 9.17) is 5.11 Å². The molecule has 0 radical (unpaired) electrons. The molecule has 0 fully saturated rings. The van der Waals surface area contributed by atoms with E-state index in [9.17, 15) is 12.8 Å². The lowest BCUT2D eigenvalue weighted by Gasteiger charge is -2.26. The number of sulfonamides is 1. The van der Waals surface area contributed by atoms with Gasteiger partial charge in [0.15, 0.2) is 0 Å². The van der Waals surface area contributed by atoms with Crippen LogP contribution in [0.2, 0.25) is 0 Å². The number of aliphatic hydroxyl groups is 1. The highest BCUT2D eigenvalue weighted by Gasteiger charge is 2.29. The van der Waals surface area contributed by atoms with Gasteiger partial charge in [0.1, 0.15) is 10.7 Å². The molecule has 20 heavy (non-hydrogen) atoms. The van der Waals surface area contributed by atoms with E-state index in [2.05, 4.69) is 0 Å². The highest BCUT2D eigenvalue weighted by molar-refractivity contribution is 7.98. The van der Waals surface area contributed by atoms with Crippen molar-refractivity contribution in [2.24, 2.45) is 0 Å². The van der Waals surface area contributed by atoms with E-state index < -0.39 is 15.8 Å². The fourth-order valence-corrected chi connectivity index (χ4v) is 4.29.